The van der Waals surface area contributed by atoms with Gasteiger partial charge in [0, 0.05) is 5.92 Å². The van der Waals surface area contributed by atoms with E-state index in [-0.39, 0.29) is 0 Å². The first-order valence-corrected chi connectivity index (χ1v) is 4.18. The third-order valence-electron chi connectivity index (χ3n) is 2.24. The Bertz CT molecular complexity index is 246. The van der Waals surface area contributed by atoms with E-state index < -0.39 is 0 Å². The summed E-state index contributed by atoms with van der Waals surface area (Å²) in [6.45, 7) is 0. The second-order valence-electron chi connectivity index (χ2n) is 3.02. The molecule has 0 fully saturated rings. The van der Waals surface area contributed by atoms with Crippen molar-refractivity contribution in [1.29, 1.82) is 0 Å². The smallest absolute Gasteiger partial charge is 0.00209 e. The van der Waals surface area contributed by atoms with Crippen molar-refractivity contribution in [2.45, 2.75) is 18.8 Å². The van der Waals surface area contributed by atoms with Crippen molar-refractivity contribution in [2.75, 3.05) is 0 Å². The summed E-state index contributed by atoms with van der Waals surface area (Å²) >= 11 is 0. The summed E-state index contributed by atoms with van der Waals surface area (Å²) in [4.78, 5) is 0. The fourth-order valence-corrected chi connectivity index (χ4v) is 1.61. The van der Waals surface area contributed by atoms with Crippen LogP contribution in [0.15, 0.2) is 42.5 Å². The van der Waals surface area contributed by atoms with Gasteiger partial charge in [-0.2, -0.15) is 0 Å². The molecule has 0 heteroatoms. The normalized spacial score (nSPS) is 22.4. The minimum Gasteiger partial charge on any atom is -0.0879 e. The summed E-state index contributed by atoms with van der Waals surface area (Å²) in [6, 6.07) is 10.7. The van der Waals surface area contributed by atoms with E-state index >= 15 is 0 Å². The molecule has 2 rings (SSSR count). The first-order chi connectivity index (χ1) is 5.47. The highest BCUT2D eigenvalue weighted by atomic mass is 14.1. The summed E-state index contributed by atoms with van der Waals surface area (Å²) in [5.74, 6) is 0.691. The molecule has 0 bridgehead atoms. The van der Waals surface area contributed by atoms with Crippen LogP contribution in [0.5, 0.6) is 0 Å². The fourth-order valence-electron chi connectivity index (χ4n) is 1.61. The van der Waals surface area contributed by atoms with Gasteiger partial charge in [0.05, 0.1) is 0 Å². The Morgan fingerprint density at radius 1 is 1.09 bits per heavy atom. The van der Waals surface area contributed by atoms with Crippen LogP contribution >= 0.6 is 0 Å². The lowest BCUT2D eigenvalue weighted by molar-refractivity contribution is 0.801. The van der Waals surface area contributed by atoms with Crippen LogP contribution in [-0.4, -0.2) is 0 Å². The van der Waals surface area contributed by atoms with E-state index in [2.05, 4.69) is 42.5 Å². The van der Waals surface area contributed by atoms with Crippen molar-refractivity contribution in [3.05, 3.63) is 48.0 Å². The molecule has 0 aliphatic heterocycles. The molecule has 0 amide bonds. The summed E-state index contributed by atoms with van der Waals surface area (Å²) < 4.78 is 0. The highest BCUT2D eigenvalue weighted by Crippen LogP contribution is 2.27. The molecular weight excluding hydrogens is 132 g/mol. The zero-order chi connectivity index (χ0) is 7.52. The first kappa shape index (κ1) is 6.66. The van der Waals surface area contributed by atoms with E-state index in [1.807, 2.05) is 0 Å². The Labute approximate surface area is 67.6 Å². The van der Waals surface area contributed by atoms with Gasteiger partial charge in [0.2, 0.25) is 0 Å². The minimum atomic E-state index is 0.691. The number of rotatable bonds is 1. The van der Waals surface area contributed by atoms with Crippen LogP contribution in [0.4, 0.5) is 0 Å². The lowest BCUT2D eigenvalue weighted by atomic mass is 9.99. The molecule has 0 saturated carbocycles. The quantitative estimate of drug-likeness (QED) is 0.531. The van der Waals surface area contributed by atoms with Gasteiger partial charge in [0.25, 0.3) is 0 Å². The number of hydrogen-bond donors (Lipinski definition) is 0. The van der Waals surface area contributed by atoms with Crippen molar-refractivity contribution in [3.63, 3.8) is 0 Å². The Morgan fingerprint density at radius 3 is 2.55 bits per heavy atom. The molecule has 0 spiro atoms. The molecule has 0 heterocycles. The molecule has 0 N–H and O–H groups in total. The molecule has 0 radical (unpaired) electrons. The number of hydrogen-bond acceptors (Lipinski definition) is 0. The monoisotopic (exact) mass is 144 g/mol. The molecule has 1 atom stereocenters. The topological polar surface area (TPSA) is 0 Å². The van der Waals surface area contributed by atoms with Gasteiger partial charge in [-0.1, -0.05) is 42.5 Å². The summed E-state index contributed by atoms with van der Waals surface area (Å²) in [6.07, 6.45) is 7.14. The standard InChI is InChI=1S/C11H12/c1-2-6-10(7-3-1)11-8-4-5-9-11/h1-4,6-8,11H,5,9H2. The van der Waals surface area contributed by atoms with E-state index in [0.29, 0.717) is 5.92 Å². The van der Waals surface area contributed by atoms with Crippen molar-refractivity contribution >= 4 is 0 Å². The van der Waals surface area contributed by atoms with Crippen molar-refractivity contribution in [1.82, 2.24) is 0 Å². The Balaban J connectivity index is 2.23. The van der Waals surface area contributed by atoms with Gasteiger partial charge in [-0.25, -0.2) is 0 Å². The van der Waals surface area contributed by atoms with Gasteiger partial charge in [0.1, 0.15) is 0 Å². The van der Waals surface area contributed by atoms with E-state index in [1.54, 1.807) is 0 Å². The predicted molar refractivity (Wildman–Crippen MR) is 47.6 cm³/mol. The van der Waals surface area contributed by atoms with Gasteiger partial charge in [-0.3, -0.25) is 0 Å². The number of allylic oxidation sites excluding steroid dienone is 2. The lowest BCUT2D eigenvalue weighted by Crippen LogP contribution is -1.88. The maximum Gasteiger partial charge on any atom is 0.00209 e. The zero-order valence-corrected chi connectivity index (χ0v) is 6.53. The summed E-state index contributed by atoms with van der Waals surface area (Å²) in [5, 5.41) is 0. The van der Waals surface area contributed by atoms with Crippen LogP contribution < -0.4 is 0 Å². The molecule has 1 aromatic carbocycles. The molecular formula is C11H12. The van der Waals surface area contributed by atoms with E-state index in [9.17, 15) is 0 Å². The van der Waals surface area contributed by atoms with Gasteiger partial charge in [-0.05, 0) is 18.4 Å². The SMILES string of the molecule is C1=CC(c2ccccc2)CC1. The molecule has 1 unspecified atom stereocenters. The van der Waals surface area contributed by atoms with Crippen LogP contribution in [0, 0.1) is 0 Å². The maximum atomic E-state index is 2.31. The average Bonchev–Trinajstić information content (AvgIpc) is 2.58. The van der Waals surface area contributed by atoms with Gasteiger partial charge in [0.15, 0.2) is 0 Å². The highest BCUT2D eigenvalue weighted by molar-refractivity contribution is 5.25. The fraction of sp³-hybridized carbons (Fsp3) is 0.273. The van der Waals surface area contributed by atoms with Crippen LogP contribution in [0.2, 0.25) is 0 Å². The summed E-state index contributed by atoms with van der Waals surface area (Å²) in [5.41, 5.74) is 1.46. The van der Waals surface area contributed by atoms with Crippen LogP contribution in [-0.2, 0) is 0 Å². The molecule has 56 valence electrons. The second-order valence-corrected chi connectivity index (χ2v) is 3.02. The van der Waals surface area contributed by atoms with Gasteiger partial charge in [-0.15, -0.1) is 0 Å². The Kier molecular flexibility index (Phi) is 1.76. The van der Waals surface area contributed by atoms with Gasteiger partial charge < -0.3 is 0 Å². The molecule has 0 saturated heterocycles. The molecule has 1 aliphatic rings. The van der Waals surface area contributed by atoms with Crippen molar-refractivity contribution in [3.8, 4) is 0 Å². The molecule has 0 aromatic heterocycles. The largest absolute Gasteiger partial charge is 0.0879 e. The molecule has 0 nitrogen and oxygen atoms in total. The Morgan fingerprint density at radius 2 is 1.91 bits per heavy atom. The maximum absolute atomic E-state index is 2.31. The lowest BCUT2D eigenvalue weighted by Gasteiger charge is -2.05. The summed E-state index contributed by atoms with van der Waals surface area (Å²) in [7, 11) is 0. The predicted octanol–water partition coefficient (Wildman–Crippen LogP) is 3.12. The average molecular weight is 144 g/mol. The highest BCUT2D eigenvalue weighted by Gasteiger charge is 2.09. The third-order valence-corrected chi connectivity index (χ3v) is 2.24. The van der Waals surface area contributed by atoms with Crippen molar-refractivity contribution < 1.29 is 0 Å². The van der Waals surface area contributed by atoms with E-state index in [0.717, 1.165) is 0 Å². The molecule has 1 aromatic rings. The van der Waals surface area contributed by atoms with Gasteiger partial charge >= 0.3 is 0 Å². The van der Waals surface area contributed by atoms with Crippen molar-refractivity contribution in [2.24, 2.45) is 0 Å². The molecule has 11 heavy (non-hydrogen) atoms. The van der Waals surface area contributed by atoms with Crippen LogP contribution in [0.1, 0.15) is 24.3 Å². The molecule has 1 aliphatic carbocycles. The zero-order valence-electron chi connectivity index (χ0n) is 6.53. The number of benzene rings is 1. The van der Waals surface area contributed by atoms with Crippen LogP contribution in [0.3, 0.4) is 0 Å². The van der Waals surface area contributed by atoms with E-state index in [1.165, 1.54) is 18.4 Å². The Hall–Kier alpha value is -1.04. The minimum absolute atomic E-state index is 0.691. The third kappa shape index (κ3) is 1.35. The van der Waals surface area contributed by atoms with Crippen LogP contribution in [0.25, 0.3) is 0 Å². The first-order valence-electron chi connectivity index (χ1n) is 4.18. The van der Waals surface area contributed by atoms with E-state index in [4.69, 9.17) is 0 Å². The second kappa shape index (κ2) is 2.91.